The highest BCUT2D eigenvalue weighted by molar-refractivity contribution is 5.95. The number of carbonyl (C=O) groups is 2. The van der Waals surface area contributed by atoms with E-state index in [9.17, 15) is 9.59 Å². The van der Waals surface area contributed by atoms with Crippen LogP contribution in [0.25, 0.3) is 0 Å². The van der Waals surface area contributed by atoms with Crippen molar-refractivity contribution in [2.75, 3.05) is 11.4 Å². The highest BCUT2D eigenvalue weighted by Crippen LogP contribution is 2.34. The molecule has 0 unspecified atom stereocenters. The Morgan fingerprint density at radius 1 is 1.08 bits per heavy atom. The largest absolute Gasteiger partial charge is 0.337 e. The molecular formula is C20H21N3O2. The fourth-order valence-corrected chi connectivity index (χ4v) is 4.08. The predicted molar refractivity (Wildman–Crippen MR) is 95.0 cm³/mol. The molecule has 2 aliphatic heterocycles. The molecule has 1 aromatic heterocycles. The number of carbonyl (C=O) groups excluding carboxylic acids is 2. The van der Waals surface area contributed by atoms with Gasteiger partial charge in [0.15, 0.2) is 0 Å². The number of aromatic nitrogens is 1. The van der Waals surface area contributed by atoms with E-state index in [2.05, 4.69) is 4.98 Å². The smallest absolute Gasteiger partial charge is 0.227 e. The minimum atomic E-state index is 0.0603. The van der Waals surface area contributed by atoms with E-state index in [4.69, 9.17) is 0 Å². The number of nitrogens with zero attached hydrogens (tertiary/aromatic N) is 3. The Balaban J connectivity index is 1.53. The summed E-state index contributed by atoms with van der Waals surface area (Å²) in [6, 6.07) is 13.8. The van der Waals surface area contributed by atoms with Crippen LogP contribution in [0.5, 0.6) is 0 Å². The maximum absolute atomic E-state index is 12.8. The molecule has 0 radical (unpaired) electrons. The van der Waals surface area contributed by atoms with Crippen LogP contribution in [0, 0.1) is 0 Å². The molecule has 2 aliphatic rings. The Hall–Kier alpha value is -2.69. The van der Waals surface area contributed by atoms with E-state index < -0.39 is 0 Å². The van der Waals surface area contributed by atoms with E-state index in [0.717, 1.165) is 24.1 Å². The van der Waals surface area contributed by atoms with Gasteiger partial charge in [-0.05, 0) is 30.5 Å². The molecule has 0 bridgehead atoms. The van der Waals surface area contributed by atoms with Crippen LogP contribution in [0.3, 0.4) is 0 Å². The summed E-state index contributed by atoms with van der Waals surface area (Å²) in [6.07, 6.45) is 5.91. The normalized spacial score (nSPS) is 22.8. The molecule has 25 heavy (non-hydrogen) atoms. The second-order valence-electron chi connectivity index (χ2n) is 6.69. The number of anilines is 1. The molecule has 2 amide bonds. The van der Waals surface area contributed by atoms with Crippen LogP contribution >= 0.6 is 0 Å². The summed E-state index contributed by atoms with van der Waals surface area (Å²) < 4.78 is 0. The standard InChI is InChI=1S/C20H21N3O2/c24-19-9-8-17-18(23(19)16-7-4-11-21-14-16)10-12-22(17)20(25)13-15-5-2-1-3-6-15/h1-7,11,14,17-18H,8-10,12-13H2/t17-,18-/m0/s1. The summed E-state index contributed by atoms with van der Waals surface area (Å²) in [4.78, 5) is 33.3. The molecule has 0 saturated carbocycles. The Bertz CT molecular complexity index is 763. The SMILES string of the molecule is O=C(Cc1ccccc1)N1CC[C@H]2[C@@H]1CCC(=O)N2c1cccnc1. The van der Waals surface area contributed by atoms with Crippen molar-refractivity contribution < 1.29 is 9.59 Å². The number of pyridine rings is 1. The number of likely N-dealkylation sites (tertiary alicyclic amines) is 1. The molecule has 0 aliphatic carbocycles. The maximum Gasteiger partial charge on any atom is 0.227 e. The van der Waals surface area contributed by atoms with Gasteiger partial charge < -0.3 is 9.80 Å². The van der Waals surface area contributed by atoms with Crippen LogP contribution in [-0.4, -0.2) is 40.3 Å². The van der Waals surface area contributed by atoms with Crippen molar-refractivity contribution >= 4 is 17.5 Å². The lowest BCUT2D eigenvalue weighted by Crippen LogP contribution is -2.53. The molecule has 1 aromatic carbocycles. The molecule has 4 rings (SSSR count). The van der Waals surface area contributed by atoms with E-state index in [-0.39, 0.29) is 23.9 Å². The summed E-state index contributed by atoms with van der Waals surface area (Å²) in [5, 5.41) is 0. The van der Waals surface area contributed by atoms with Gasteiger partial charge in [0.05, 0.1) is 30.4 Å². The molecule has 0 N–H and O–H groups in total. The summed E-state index contributed by atoms with van der Waals surface area (Å²) in [5.74, 6) is 0.283. The lowest BCUT2D eigenvalue weighted by Gasteiger charge is -2.39. The third-order valence-corrected chi connectivity index (χ3v) is 5.21. The Morgan fingerprint density at radius 3 is 2.68 bits per heavy atom. The van der Waals surface area contributed by atoms with Gasteiger partial charge in [-0.3, -0.25) is 14.6 Å². The van der Waals surface area contributed by atoms with Gasteiger partial charge in [-0.1, -0.05) is 30.3 Å². The number of benzene rings is 1. The van der Waals surface area contributed by atoms with Gasteiger partial charge in [-0.2, -0.15) is 0 Å². The molecule has 0 spiro atoms. The van der Waals surface area contributed by atoms with Crippen molar-refractivity contribution in [1.82, 2.24) is 9.88 Å². The molecule has 5 heteroatoms. The average molecular weight is 335 g/mol. The van der Waals surface area contributed by atoms with Gasteiger partial charge in [0.25, 0.3) is 0 Å². The van der Waals surface area contributed by atoms with Crippen LogP contribution in [0.1, 0.15) is 24.8 Å². The van der Waals surface area contributed by atoms with Gasteiger partial charge in [0.1, 0.15) is 0 Å². The Morgan fingerprint density at radius 2 is 1.92 bits per heavy atom. The van der Waals surface area contributed by atoms with Crippen LogP contribution in [0.2, 0.25) is 0 Å². The molecule has 3 heterocycles. The topological polar surface area (TPSA) is 53.5 Å². The second kappa shape index (κ2) is 6.67. The van der Waals surface area contributed by atoms with Gasteiger partial charge in [0.2, 0.25) is 11.8 Å². The third-order valence-electron chi connectivity index (χ3n) is 5.21. The number of rotatable bonds is 3. The molecule has 128 valence electrons. The van der Waals surface area contributed by atoms with Crippen molar-refractivity contribution in [3.63, 3.8) is 0 Å². The van der Waals surface area contributed by atoms with E-state index in [1.807, 2.05) is 52.3 Å². The third kappa shape index (κ3) is 3.02. The first-order valence-corrected chi connectivity index (χ1v) is 8.79. The minimum absolute atomic E-state index is 0.0603. The summed E-state index contributed by atoms with van der Waals surface area (Å²) in [7, 11) is 0. The average Bonchev–Trinajstić information content (AvgIpc) is 3.07. The van der Waals surface area contributed by atoms with Crippen molar-refractivity contribution in [2.24, 2.45) is 0 Å². The van der Waals surface area contributed by atoms with Gasteiger partial charge >= 0.3 is 0 Å². The molecule has 2 atom stereocenters. The van der Waals surface area contributed by atoms with Gasteiger partial charge in [-0.15, -0.1) is 0 Å². The van der Waals surface area contributed by atoms with E-state index in [1.54, 1.807) is 12.4 Å². The number of amides is 2. The van der Waals surface area contributed by atoms with Crippen LogP contribution < -0.4 is 4.90 Å². The van der Waals surface area contributed by atoms with Crippen molar-refractivity contribution in [1.29, 1.82) is 0 Å². The van der Waals surface area contributed by atoms with Gasteiger partial charge in [0, 0.05) is 19.2 Å². The van der Waals surface area contributed by atoms with Crippen LogP contribution in [0.15, 0.2) is 54.9 Å². The summed E-state index contributed by atoms with van der Waals surface area (Å²) >= 11 is 0. The Labute approximate surface area is 147 Å². The fraction of sp³-hybridized carbons (Fsp3) is 0.350. The van der Waals surface area contributed by atoms with E-state index in [0.29, 0.717) is 19.4 Å². The van der Waals surface area contributed by atoms with Crippen molar-refractivity contribution in [3.8, 4) is 0 Å². The zero-order valence-corrected chi connectivity index (χ0v) is 14.0. The molecular weight excluding hydrogens is 314 g/mol. The Kier molecular flexibility index (Phi) is 4.22. The highest BCUT2D eigenvalue weighted by atomic mass is 16.2. The first kappa shape index (κ1) is 15.8. The second-order valence-corrected chi connectivity index (χ2v) is 6.69. The van der Waals surface area contributed by atoms with Crippen LogP contribution in [-0.2, 0) is 16.0 Å². The fourth-order valence-electron chi connectivity index (χ4n) is 4.08. The first-order valence-electron chi connectivity index (χ1n) is 8.79. The highest BCUT2D eigenvalue weighted by Gasteiger charge is 2.45. The monoisotopic (exact) mass is 335 g/mol. The first-order chi connectivity index (χ1) is 12.2. The lowest BCUT2D eigenvalue weighted by atomic mass is 9.95. The van der Waals surface area contributed by atoms with E-state index in [1.165, 1.54) is 0 Å². The molecule has 2 saturated heterocycles. The van der Waals surface area contributed by atoms with Crippen molar-refractivity contribution in [2.45, 2.75) is 37.8 Å². The lowest BCUT2D eigenvalue weighted by molar-refractivity contribution is -0.133. The van der Waals surface area contributed by atoms with Gasteiger partial charge in [-0.25, -0.2) is 0 Å². The molecule has 2 aromatic rings. The zero-order valence-electron chi connectivity index (χ0n) is 14.0. The minimum Gasteiger partial charge on any atom is -0.337 e. The number of hydrogen-bond donors (Lipinski definition) is 0. The number of piperidine rings is 1. The number of hydrogen-bond acceptors (Lipinski definition) is 3. The van der Waals surface area contributed by atoms with Crippen LogP contribution in [0.4, 0.5) is 5.69 Å². The molecule has 5 nitrogen and oxygen atoms in total. The van der Waals surface area contributed by atoms with E-state index >= 15 is 0 Å². The quantitative estimate of drug-likeness (QED) is 0.866. The zero-order chi connectivity index (χ0) is 17.2. The van der Waals surface area contributed by atoms with Crippen molar-refractivity contribution in [3.05, 3.63) is 60.4 Å². The number of fused-ring (bicyclic) bond motifs is 1. The molecule has 2 fully saturated rings. The summed E-state index contributed by atoms with van der Waals surface area (Å²) in [5.41, 5.74) is 1.87. The predicted octanol–water partition coefficient (Wildman–Crippen LogP) is 2.42. The summed E-state index contributed by atoms with van der Waals surface area (Å²) in [6.45, 7) is 0.713. The maximum atomic E-state index is 12.8.